The van der Waals surface area contributed by atoms with Crippen molar-refractivity contribution >= 4 is 11.7 Å². The molecule has 7 heteroatoms. The molecule has 0 aliphatic rings. The zero-order valence-electron chi connectivity index (χ0n) is 9.34. The normalized spacial score (nSPS) is 10.2. The van der Waals surface area contributed by atoms with Crippen molar-refractivity contribution in [3.63, 3.8) is 0 Å². The molecule has 0 saturated heterocycles. The van der Waals surface area contributed by atoms with Crippen molar-refractivity contribution in [2.75, 3.05) is 5.73 Å². The number of nitrogen functional groups attached to an aromatic ring is 1. The number of carbonyl (C=O) groups is 1. The molecule has 0 radical (unpaired) electrons. The molecular weight excluding hydrogens is 236 g/mol. The number of nitrogens with two attached hydrogens (primary N) is 1. The van der Waals surface area contributed by atoms with Gasteiger partial charge in [-0.05, 0) is 18.2 Å². The molecule has 6 N–H and O–H groups in total. The molecule has 2 rings (SSSR count). The predicted molar refractivity (Wildman–Crippen MR) is 63.9 cm³/mol. The molecule has 0 bridgehead atoms. The SMILES string of the molecule is Nc1[nH]ncc1CNC(=O)c1cc(O)ccc1O. The first-order chi connectivity index (χ1) is 8.58. The zero-order valence-corrected chi connectivity index (χ0v) is 9.34. The van der Waals surface area contributed by atoms with Crippen LogP contribution in [0.25, 0.3) is 0 Å². The lowest BCUT2D eigenvalue weighted by Crippen LogP contribution is -2.23. The third-order valence-electron chi connectivity index (χ3n) is 2.42. The van der Waals surface area contributed by atoms with E-state index in [4.69, 9.17) is 5.73 Å². The Morgan fingerprint density at radius 2 is 2.22 bits per heavy atom. The van der Waals surface area contributed by atoms with Gasteiger partial charge in [-0.2, -0.15) is 5.10 Å². The number of aromatic hydroxyl groups is 2. The second kappa shape index (κ2) is 4.66. The maximum Gasteiger partial charge on any atom is 0.255 e. The number of H-pyrrole nitrogens is 1. The lowest BCUT2D eigenvalue weighted by molar-refractivity contribution is 0.0948. The maximum atomic E-state index is 11.8. The molecule has 0 saturated carbocycles. The van der Waals surface area contributed by atoms with Gasteiger partial charge in [0, 0.05) is 12.1 Å². The number of aromatic nitrogens is 2. The summed E-state index contributed by atoms with van der Waals surface area (Å²) >= 11 is 0. The second-order valence-corrected chi connectivity index (χ2v) is 3.69. The Kier molecular flexibility index (Phi) is 3.05. The average molecular weight is 248 g/mol. The van der Waals surface area contributed by atoms with Gasteiger partial charge in [0.1, 0.15) is 17.3 Å². The fraction of sp³-hybridized carbons (Fsp3) is 0.0909. The molecule has 94 valence electrons. The van der Waals surface area contributed by atoms with E-state index in [1.165, 1.54) is 24.4 Å². The number of phenols is 2. The highest BCUT2D eigenvalue weighted by molar-refractivity contribution is 5.97. The Balaban J connectivity index is 2.08. The van der Waals surface area contributed by atoms with Gasteiger partial charge >= 0.3 is 0 Å². The maximum absolute atomic E-state index is 11.8. The van der Waals surface area contributed by atoms with Gasteiger partial charge in [0.05, 0.1) is 11.8 Å². The largest absolute Gasteiger partial charge is 0.508 e. The van der Waals surface area contributed by atoms with Crippen LogP contribution in [0.1, 0.15) is 15.9 Å². The smallest absolute Gasteiger partial charge is 0.255 e. The van der Waals surface area contributed by atoms with E-state index in [1.54, 1.807) is 0 Å². The Bertz CT molecular complexity index is 579. The van der Waals surface area contributed by atoms with E-state index in [-0.39, 0.29) is 23.6 Å². The Labute approximate surface area is 102 Å². The molecular formula is C11H12N4O3. The summed E-state index contributed by atoms with van der Waals surface area (Å²) in [5, 5.41) is 27.6. The lowest BCUT2D eigenvalue weighted by atomic mass is 10.1. The molecule has 0 aliphatic carbocycles. The van der Waals surface area contributed by atoms with E-state index in [1.807, 2.05) is 0 Å². The van der Waals surface area contributed by atoms with Gasteiger partial charge in [-0.3, -0.25) is 9.89 Å². The van der Waals surface area contributed by atoms with E-state index in [2.05, 4.69) is 15.5 Å². The van der Waals surface area contributed by atoms with Gasteiger partial charge in [-0.1, -0.05) is 0 Å². The first-order valence-corrected chi connectivity index (χ1v) is 5.16. The fourth-order valence-electron chi connectivity index (χ4n) is 1.44. The van der Waals surface area contributed by atoms with Crippen LogP contribution in [0.4, 0.5) is 5.82 Å². The summed E-state index contributed by atoms with van der Waals surface area (Å²) in [6.07, 6.45) is 1.50. The van der Waals surface area contributed by atoms with Gasteiger partial charge in [0.25, 0.3) is 5.91 Å². The molecule has 0 aliphatic heterocycles. The summed E-state index contributed by atoms with van der Waals surface area (Å²) in [5.74, 6) is -0.439. The van der Waals surface area contributed by atoms with Crippen LogP contribution >= 0.6 is 0 Å². The number of anilines is 1. The monoisotopic (exact) mass is 248 g/mol. The summed E-state index contributed by atoms with van der Waals surface area (Å²) in [5.41, 5.74) is 6.20. The van der Waals surface area contributed by atoms with E-state index in [0.717, 1.165) is 0 Å². The van der Waals surface area contributed by atoms with Crippen molar-refractivity contribution in [3.05, 3.63) is 35.5 Å². The summed E-state index contributed by atoms with van der Waals surface area (Å²) in [6, 6.07) is 3.72. The van der Waals surface area contributed by atoms with Crippen LogP contribution < -0.4 is 11.1 Å². The van der Waals surface area contributed by atoms with Crippen molar-refractivity contribution in [3.8, 4) is 11.5 Å². The van der Waals surface area contributed by atoms with Crippen molar-refractivity contribution in [2.24, 2.45) is 0 Å². The number of amides is 1. The second-order valence-electron chi connectivity index (χ2n) is 3.69. The van der Waals surface area contributed by atoms with Crippen LogP contribution in [0.2, 0.25) is 0 Å². The van der Waals surface area contributed by atoms with Gasteiger partial charge in [-0.25, -0.2) is 0 Å². The summed E-state index contributed by atoms with van der Waals surface area (Å²) in [6.45, 7) is 0.177. The average Bonchev–Trinajstić information content (AvgIpc) is 2.75. The molecule has 1 aromatic heterocycles. The first kappa shape index (κ1) is 11.8. The van der Waals surface area contributed by atoms with Gasteiger partial charge in [-0.15, -0.1) is 0 Å². The number of rotatable bonds is 3. The quantitative estimate of drug-likeness (QED) is 0.501. The first-order valence-electron chi connectivity index (χ1n) is 5.16. The fourth-order valence-corrected chi connectivity index (χ4v) is 1.44. The van der Waals surface area contributed by atoms with E-state index in [9.17, 15) is 15.0 Å². The van der Waals surface area contributed by atoms with Gasteiger partial charge in [0.15, 0.2) is 0 Å². The molecule has 1 amide bonds. The van der Waals surface area contributed by atoms with Crippen LogP contribution in [0, 0.1) is 0 Å². The zero-order chi connectivity index (χ0) is 13.1. The highest BCUT2D eigenvalue weighted by Gasteiger charge is 2.12. The number of phenolic OH excluding ortho intramolecular Hbond substituents is 2. The standard InChI is InChI=1S/C11H12N4O3/c12-10-6(5-14-15-10)4-13-11(18)8-3-7(16)1-2-9(8)17/h1-3,5,16-17H,4H2,(H,13,18)(H3,12,14,15). The number of hydrogen-bond acceptors (Lipinski definition) is 5. The summed E-state index contributed by atoms with van der Waals surface area (Å²) < 4.78 is 0. The number of benzene rings is 1. The van der Waals surface area contributed by atoms with Crippen LogP contribution in [0.3, 0.4) is 0 Å². The third-order valence-corrected chi connectivity index (χ3v) is 2.42. The van der Waals surface area contributed by atoms with E-state index in [0.29, 0.717) is 11.4 Å². The number of nitrogens with zero attached hydrogens (tertiary/aromatic N) is 1. The highest BCUT2D eigenvalue weighted by atomic mass is 16.3. The summed E-state index contributed by atoms with van der Waals surface area (Å²) in [4.78, 5) is 11.8. The number of hydrogen-bond donors (Lipinski definition) is 5. The van der Waals surface area contributed by atoms with Crippen molar-refractivity contribution in [1.82, 2.24) is 15.5 Å². The lowest BCUT2D eigenvalue weighted by Gasteiger charge is -2.06. The third kappa shape index (κ3) is 2.34. The number of aromatic amines is 1. The Morgan fingerprint density at radius 3 is 2.89 bits per heavy atom. The molecule has 0 atom stereocenters. The molecule has 0 unspecified atom stereocenters. The molecule has 1 heterocycles. The van der Waals surface area contributed by atoms with E-state index >= 15 is 0 Å². The van der Waals surface area contributed by atoms with Gasteiger partial charge < -0.3 is 21.3 Å². The molecule has 2 aromatic rings. The van der Waals surface area contributed by atoms with Crippen molar-refractivity contribution in [1.29, 1.82) is 0 Å². The highest BCUT2D eigenvalue weighted by Crippen LogP contribution is 2.21. The molecule has 7 nitrogen and oxygen atoms in total. The Morgan fingerprint density at radius 1 is 1.44 bits per heavy atom. The summed E-state index contributed by atoms with van der Waals surface area (Å²) in [7, 11) is 0. The minimum atomic E-state index is -0.510. The van der Waals surface area contributed by atoms with Crippen molar-refractivity contribution in [2.45, 2.75) is 6.54 Å². The molecule has 1 aromatic carbocycles. The van der Waals surface area contributed by atoms with Crippen LogP contribution in [-0.2, 0) is 6.54 Å². The molecule has 0 fully saturated rings. The minimum absolute atomic E-state index is 0.00272. The van der Waals surface area contributed by atoms with Crippen LogP contribution in [-0.4, -0.2) is 26.3 Å². The number of nitrogens with one attached hydrogen (secondary N) is 2. The van der Waals surface area contributed by atoms with Crippen molar-refractivity contribution < 1.29 is 15.0 Å². The topological polar surface area (TPSA) is 124 Å². The predicted octanol–water partition coefficient (Wildman–Crippen LogP) is 0.333. The van der Waals surface area contributed by atoms with Crippen LogP contribution in [0.5, 0.6) is 11.5 Å². The molecule has 18 heavy (non-hydrogen) atoms. The van der Waals surface area contributed by atoms with Crippen LogP contribution in [0.15, 0.2) is 24.4 Å². The Hall–Kier alpha value is -2.70. The number of carbonyl (C=O) groups excluding carboxylic acids is 1. The molecule has 0 spiro atoms. The van der Waals surface area contributed by atoms with E-state index < -0.39 is 5.91 Å². The van der Waals surface area contributed by atoms with Gasteiger partial charge in [0.2, 0.25) is 0 Å². The minimum Gasteiger partial charge on any atom is -0.508 e.